The number of anilines is 1. The van der Waals surface area contributed by atoms with Gasteiger partial charge in [-0.25, -0.2) is 0 Å². The fourth-order valence-corrected chi connectivity index (χ4v) is 3.06. The number of ether oxygens (including phenoxy) is 2. The maximum atomic E-state index is 12.3. The quantitative estimate of drug-likeness (QED) is 0.916. The molecule has 0 bridgehead atoms. The van der Waals surface area contributed by atoms with Gasteiger partial charge in [-0.1, -0.05) is 24.3 Å². The minimum Gasteiger partial charge on any atom is -0.493 e. The zero-order valence-electron chi connectivity index (χ0n) is 13.7. The average molecular weight is 311 g/mol. The Morgan fingerprint density at radius 1 is 1.17 bits per heavy atom. The van der Waals surface area contributed by atoms with Crippen LogP contribution in [-0.2, 0) is 11.2 Å². The van der Waals surface area contributed by atoms with Crippen molar-refractivity contribution in [3.63, 3.8) is 0 Å². The molecule has 2 aromatic carbocycles. The van der Waals surface area contributed by atoms with Crippen molar-refractivity contribution in [1.82, 2.24) is 0 Å². The molecule has 1 atom stereocenters. The summed E-state index contributed by atoms with van der Waals surface area (Å²) < 4.78 is 10.9. The van der Waals surface area contributed by atoms with Crippen LogP contribution in [-0.4, -0.2) is 19.6 Å². The van der Waals surface area contributed by atoms with E-state index in [9.17, 15) is 4.79 Å². The average Bonchev–Trinajstić information content (AvgIpc) is 2.87. The SMILES string of the molecule is CCOc1ccc(C[C@H]2C(=O)Nc3c(C)cccc32)cc1OC. The number of aryl methyl sites for hydroxylation is 1. The molecule has 0 unspecified atom stereocenters. The molecule has 4 nitrogen and oxygen atoms in total. The Balaban J connectivity index is 1.88. The molecule has 3 rings (SSSR count). The summed E-state index contributed by atoms with van der Waals surface area (Å²) in [5.41, 5.74) is 4.19. The third-order valence-electron chi connectivity index (χ3n) is 4.21. The number of carbonyl (C=O) groups excluding carboxylic acids is 1. The van der Waals surface area contributed by atoms with E-state index in [1.807, 2.05) is 50.2 Å². The number of para-hydroxylation sites is 1. The summed E-state index contributed by atoms with van der Waals surface area (Å²) in [6.07, 6.45) is 0.644. The van der Waals surface area contributed by atoms with Gasteiger partial charge in [-0.15, -0.1) is 0 Å². The Labute approximate surface area is 136 Å². The minimum atomic E-state index is -0.160. The Morgan fingerprint density at radius 3 is 2.74 bits per heavy atom. The van der Waals surface area contributed by atoms with Crippen molar-refractivity contribution in [2.24, 2.45) is 0 Å². The highest BCUT2D eigenvalue weighted by Gasteiger charge is 2.31. The van der Waals surface area contributed by atoms with Crippen molar-refractivity contribution in [2.75, 3.05) is 19.0 Å². The van der Waals surface area contributed by atoms with Gasteiger partial charge in [-0.2, -0.15) is 0 Å². The standard InChI is InChI=1S/C19H21NO3/c1-4-23-16-9-8-13(11-17(16)22-3)10-15-14-7-5-6-12(2)18(14)20-19(15)21/h5-9,11,15H,4,10H2,1-3H3,(H,20,21)/t15-/m1/s1. The molecule has 1 heterocycles. The molecule has 1 aliphatic rings. The highest BCUT2D eigenvalue weighted by Crippen LogP contribution is 2.38. The molecular formula is C19H21NO3. The largest absolute Gasteiger partial charge is 0.493 e. The van der Waals surface area contributed by atoms with Crippen LogP contribution >= 0.6 is 0 Å². The molecule has 1 amide bonds. The molecule has 1 aliphatic heterocycles. The molecule has 23 heavy (non-hydrogen) atoms. The number of nitrogens with one attached hydrogen (secondary N) is 1. The van der Waals surface area contributed by atoms with Crippen molar-refractivity contribution >= 4 is 11.6 Å². The van der Waals surface area contributed by atoms with Gasteiger partial charge in [-0.3, -0.25) is 4.79 Å². The topological polar surface area (TPSA) is 47.6 Å². The van der Waals surface area contributed by atoms with Crippen LogP contribution in [0, 0.1) is 6.92 Å². The van der Waals surface area contributed by atoms with Crippen LogP contribution in [0.15, 0.2) is 36.4 Å². The lowest BCUT2D eigenvalue weighted by atomic mass is 9.92. The maximum absolute atomic E-state index is 12.3. The van der Waals surface area contributed by atoms with E-state index in [1.165, 1.54) is 0 Å². The zero-order valence-corrected chi connectivity index (χ0v) is 13.7. The van der Waals surface area contributed by atoms with E-state index in [1.54, 1.807) is 7.11 Å². The molecule has 2 aromatic rings. The van der Waals surface area contributed by atoms with Gasteiger partial charge in [0.05, 0.1) is 19.6 Å². The van der Waals surface area contributed by atoms with Gasteiger partial charge in [0.15, 0.2) is 11.5 Å². The molecule has 0 spiro atoms. The van der Waals surface area contributed by atoms with Gasteiger partial charge < -0.3 is 14.8 Å². The van der Waals surface area contributed by atoms with Crippen LogP contribution in [0.1, 0.15) is 29.5 Å². The third-order valence-corrected chi connectivity index (χ3v) is 4.21. The van der Waals surface area contributed by atoms with Gasteiger partial charge in [0, 0.05) is 5.69 Å². The van der Waals surface area contributed by atoms with Crippen LogP contribution in [0.2, 0.25) is 0 Å². The van der Waals surface area contributed by atoms with E-state index < -0.39 is 0 Å². The lowest BCUT2D eigenvalue weighted by Gasteiger charge is -2.13. The number of hydrogen-bond donors (Lipinski definition) is 1. The molecule has 0 aliphatic carbocycles. The first kappa shape index (κ1) is 15.4. The van der Waals surface area contributed by atoms with E-state index in [-0.39, 0.29) is 11.8 Å². The number of rotatable bonds is 5. The highest BCUT2D eigenvalue weighted by atomic mass is 16.5. The van der Waals surface area contributed by atoms with Gasteiger partial charge >= 0.3 is 0 Å². The summed E-state index contributed by atoms with van der Waals surface area (Å²) in [6.45, 7) is 4.55. The summed E-state index contributed by atoms with van der Waals surface area (Å²) in [5.74, 6) is 1.33. The second kappa shape index (κ2) is 6.32. The Bertz CT molecular complexity index is 739. The van der Waals surface area contributed by atoms with Crippen molar-refractivity contribution in [3.05, 3.63) is 53.1 Å². The Kier molecular flexibility index (Phi) is 4.24. The second-order valence-corrected chi connectivity index (χ2v) is 5.70. The minimum absolute atomic E-state index is 0.0575. The number of methoxy groups -OCH3 is 1. The van der Waals surface area contributed by atoms with Crippen LogP contribution < -0.4 is 14.8 Å². The fraction of sp³-hybridized carbons (Fsp3) is 0.316. The normalized spacial score (nSPS) is 16.0. The number of hydrogen-bond acceptors (Lipinski definition) is 3. The number of fused-ring (bicyclic) bond motifs is 1. The van der Waals surface area contributed by atoms with Gasteiger partial charge in [-0.05, 0) is 49.1 Å². The zero-order chi connectivity index (χ0) is 16.4. The molecule has 1 N–H and O–H groups in total. The van der Waals surface area contributed by atoms with E-state index >= 15 is 0 Å². The Morgan fingerprint density at radius 2 is 2.00 bits per heavy atom. The van der Waals surface area contributed by atoms with Crippen LogP contribution in [0.4, 0.5) is 5.69 Å². The highest BCUT2D eigenvalue weighted by molar-refractivity contribution is 6.03. The van der Waals surface area contributed by atoms with Crippen molar-refractivity contribution in [2.45, 2.75) is 26.2 Å². The number of carbonyl (C=O) groups is 1. The predicted molar refractivity (Wildman–Crippen MR) is 90.4 cm³/mol. The van der Waals surface area contributed by atoms with Gasteiger partial charge in [0.2, 0.25) is 5.91 Å². The molecule has 0 fully saturated rings. The maximum Gasteiger partial charge on any atom is 0.232 e. The molecular weight excluding hydrogens is 290 g/mol. The smallest absolute Gasteiger partial charge is 0.232 e. The first-order valence-electron chi connectivity index (χ1n) is 7.84. The summed E-state index contributed by atoms with van der Waals surface area (Å²) in [4.78, 5) is 12.3. The summed E-state index contributed by atoms with van der Waals surface area (Å²) in [7, 11) is 1.63. The van der Waals surface area contributed by atoms with E-state index in [2.05, 4.69) is 5.32 Å². The first-order valence-corrected chi connectivity index (χ1v) is 7.84. The first-order chi connectivity index (χ1) is 11.1. The molecule has 0 radical (unpaired) electrons. The van der Waals surface area contributed by atoms with Crippen molar-refractivity contribution < 1.29 is 14.3 Å². The number of benzene rings is 2. The summed E-state index contributed by atoms with van der Waals surface area (Å²) in [5, 5.41) is 3.00. The molecule has 0 saturated carbocycles. The molecule has 120 valence electrons. The van der Waals surface area contributed by atoms with Crippen molar-refractivity contribution in [1.29, 1.82) is 0 Å². The van der Waals surface area contributed by atoms with E-state index in [0.717, 1.165) is 28.1 Å². The van der Waals surface area contributed by atoms with Crippen LogP contribution in [0.25, 0.3) is 0 Å². The third kappa shape index (κ3) is 2.89. The van der Waals surface area contributed by atoms with E-state index in [0.29, 0.717) is 18.8 Å². The molecule has 4 heteroatoms. The number of amides is 1. The summed E-state index contributed by atoms with van der Waals surface area (Å²) in [6, 6.07) is 11.9. The molecule has 0 saturated heterocycles. The lowest BCUT2D eigenvalue weighted by Crippen LogP contribution is -2.14. The second-order valence-electron chi connectivity index (χ2n) is 5.70. The van der Waals surface area contributed by atoms with Gasteiger partial charge in [0.25, 0.3) is 0 Å². The van der Waals surface area contributed by atoms with Crippen LogP contribution in [0.3, 0.4) is 0 Å². The van der Waals surface area contributed by atoms with E-state index in [4.69, 9.17) is 9.47 Å². The molecule has 0 aromatic heterocycles. The van der Waals surface area contributed by atoms with Gasteiger partial charge in [0.1, 0.15) is 0 Å². The lowest BCUT2D eigenvalue weighted by molar-refractivity contribution is -0.117. The monoisotopic (exact) mass is 311 g/mol. The fourth-order valence-electron chi connectivity index (χ4n) is 3.06. The predicted octanol–water partition coefficient (Wildman–Crippen LogP) is 3.68. The summed E-state index contributed by atoms with van der Waals surface area (Å²) >= 11 is 0. The van der Waals surface area contributed by atoms with Crippen molar-refractivity contribution in [3.8, 4) is 11.5 Å². The Hall–Kier alpha value is -2.49. The van der Waals surface area contributed by atoms with Crippen LogP contribution in [0.5, 0.6) is 11.5 Å².